The van der Waals surface area contributed by atoms with E-state index in [0.717, 1.165) is 38.4 Å². The molecule has 5 rings (SSSR count). The van der Waals surface area contributed by atoms with E-state index < -0.39 is 0 Å². The SMILES string of the molecule is CC(C(=O)N1CC(=O)Nc2ccccc21)N1CCN(Cc2cccc3ccccc23)CC1. The largest absolute Gasteiger partial charge is 0.323 e. The highest BCUT2D eigenvalue weighted by molar-refractivity contribution is 6.11. The predicted octanol–water partition coefficient (Wildman–Crippen LogP) is 3.33. The number of fused-ring (bicyclic) bond motifs is 2. The summed E-state index contributed by atoms with van der Waals surface area (Å²) in [4.78, 5) is 31.8. The number of carbonyl (C=O) groups is 2. The normalized spacial score (nSPS) is 18.3. The second-order valence-corrected chi connectivity index (χ2v) is 8.62. The molecule has 2 aliphatic rings. The lowest BCUT2D eigenvalue weighted by Gasteiger charge is -2.39. The number of amides is 2. The van der Waals surface area contributed by atoms with E-state index in [-0.39, 0.29) is 24.4 Å². The van der Waals surface area contributed by atoms with Gasteiger partial charge in [-0.25, -0.2) is 0 Å². The van der Waals surface area contributed by atoms with Crippen molar-refractivity contribution in [1.29, 1.82) is 0 Å². The number of hydrogen-bond donors (Lipinski definition) is 1. The number of hydrogen-bond acceptors (Lipinski definition) is 4. The Morgan fingerprint density at radius 1 is 0.938 bits per heavy atom. The molecule has 6 heteroatoms. The molecule has 3 aromatic carbocycles. The van der Waals surface area contributed by atoms with Crippen molar-refractivity contribution in [3.8, 4) is 0 Å². The van der Waals surface area contributed by atoms with Crippen molar-refractivity contribution in [2.45, 2.75) is 19.5 Å². The minimum atomic E-state index is -0.270. The molecule has 3 aromatic rings. The summed E-state index contributed by atoms with van der Waals surface area (Å²) in [7, 11) is 0. The van der Waals surface area contributed by atoms with Crippen molar-refractivity contribution in [2.75, 3.05) is 42.9 Å². The maximum absolute atomic E-state index is 13.3. The molecule has 0 bridgehead atoms. The summed E-state index contributed by atoms with van der Waals surface area (Å²) in [5, 5.41) is 5.43. The van der Waals surface area contributed by atoms with Gasteiger partial charge in [0.1, 0.15) is 6.54 Å². The second kappa shape index (κ2) is 8.73. The molecule has 1 N–H and O–H groups in total. The number of nitrogens with one attached hydrogen (secondary N) is 1. The third kappa shape index (κ3) is 3.99. The second-order valence-electron chi connectivity index (χ2n) is 8.62. The van der Waals surface area contributed by atoms with E-state index >= 15 is 0 Å². The Morgan fingerprint density at radius 3 is 2.50 bits per heavy atom. The van der Waals surface area contributed by atoms with E-state index in [2.05, 4.69) is 57.6 Å². The van der Waals surface area contributed by atoms with Crippen LogP contribution in [0.25, 0.3) is 10.8 Å². The van der Waals surface area contributed by atoms with Gasteiger partial charge in [0.2, 0.25) is 11.8 Å². The molecule has 6 nitrogen and oxygen atoms in total. The zero-order chi connectivity index (χ0) is 22.1. The number of carbonyl (C=O) groups excluding carboxylic acids is 2. The Labute approximate surface area is 188 Å². The fourth-order valence-electron chi connectivity index (χ4n) is 4.79. The van der Waals surface area contributed by atoms with Gasteiger partial charge < -0.3 is 5.32 Å². The Morgan fingerprint density at radius 2 is 1.66 bits per heavy atom. The van der Waals surface area contributed by atoms with Gasteiger partial charge in [0.25, 0.3) is 0 Å². The number of anilines is 2. The Balaban J connectivity index is 1.23. The lowest BCUT2D eigenvalue weighted by Crippen LogP contribution is -2.56. The van der Waals surface area contributed by atoms with Gasteiger partial charge in [0.05, 0.1) is 17.4 Å². The minimum Gasteiger partial charge on any atom is -0.323 e. The highest BCUT2D eigenvalue weighted by Gasteiger charge is 2.33. The van der Waals surface area contributed by atoms with Crippen LogP contribution < -0.4 is 10.2 Å². The van der Waals surface area contributed by atoms with Gasteiger partial charge in [-0.05, 0) is 35.4 Å². The van der Waals surface area contributed by atoms with Crippen molar-refractivity contribution in [2.24, 2.45) is 0 Å². The fourth-order valence-corrected chi connectivity index (χ4v) is 4.79. The van der Waals surface area contributed by atoms with E-state index in [0.29, 0.717) is 5.69 Å². The molecule has 0 aromatic heterocycles. The number of benzene rings is 3. The van der Waals surface area contributed by atoms with Crippen LogP contribution in [-0.4, -0.2) is 60.4 Å². The van der Waals surface area contributed by atoms with Gasteiger partial charge in [0.15, 0.2) is 0 Å². The van der Waals surface area contributed by atoms with Gasteiger partial charge in [-0.1, -0.05) is 54.6 Å². The number of rotatable bonds is 4. The molecular weight excluding hydrogens is 400 g/mol. The molecule has 1 unspecified atom stereocenters. The summed E-state index contributed by atoms with van der Waals surface area (Å²) >= 11 is 0. The quantitative estimate of drug-likeness (QED) is 0.693. The highest BCUT2D eigenvalue weighted by Crippen LogP contribution is 2.30. The molecule has 1 atom stereocenters. The monoisotopic (exact) mass is 428 g/mol. The molecule has 32 heavy (non-hydrogen) atoms. The van der Waals surface area contributed by atoms with Crippen LogP contribution in [0.5, 0.6) is 0 Å². The van der Waals surface area contributed by atoms with Crippen LogP contribution in [0.3, 0.4) is 0 Å². The van der Waals surface area contributed by atoms with E-state index in [1.807, 2.05) is 31.2 Å². The molecule has 1 saturated heterocycles. The molecule has 0 radical (unpaired) electrons. The Bertz CT molecular complexity index is 1150. The third-order valence-electron chi connectivity index (χ3n) is 6.62. The topological polar surface area (TPSA) is 55.9 Å². The zero-order valence-electron chi connectivity index (χ0n) is 18.3. The lowest BCUT2D eigenvalue weighted by molar-refractivity contribution is -0.126. The minimum absolute atomic E-state index is 0.0187. The molecule has 0 saturated carbocycles. The highest BCUT2D eigenvalue weighted by atomic mass is 16.2. The standard InChI is InChI=1S/C26H28N4O2/c1-19(26(32)30-18-25(31)27-23-11-4-5-12-24(23)30)29-15-13-28(14-16-29)17-21-9-6-8-20-7-2-3-10-22(20)21/h2-12,19H,13-18H2,1H3,(H,27,31). The van der Waals surface area contributed by atoms with Crippen LogP contribution in [0.15, 0.2) is 66.7 Å². The molecule has 2 heterocycles. The van der Waals surface area contributed by atoms with Gasteiger partial charge in [-0.3, -0.25) is 24.3 Å². The molecule has 0 aliphatic carbocycles. The summed E-state index contributed by atoms with van der Waals surface area (Å²) in [6, 6.07) is 22.2. The van der Waals surface area contributed by atoms with Crippen LogP contribution in [0.1, 0.15) is 12.5 Å². The molecule has 0 spiro atoms. The van der Waals surface area contributed by atoms with E-state index in [1.165, 1.54) is 16.3 Å². The molecule has 164 valence electrons. The lowest BCUT2D eigenvalue weighted by atomic mass is 10.0. The Kier molecular flexibility index (Phi) is 5.64. The first kappa shape index (κ1) is 20.7. The van der Waals surface area contributed by atoms with Gasteiger partial charge in [-0.2, -0.15) is 0 Å². The maximum atomic E-state index is 13.3. The number of nitrogens with zero attached hydrogens (tertiary/aromatic N) is 3. The smallest absolute Gasteiger partial charge is 0.244 e. The summed E-state index contributed by atoms with van der Waals surface area (Å²) in [5.74, 6) is -0.168. The number of para-hydroxylation sites is 2. The van der Waals surface area contributed by atoms with Crippen LogP contribution in [-0.2, 0) is 16.1 Å². The van der Waals surface area contributed by atoms with Crippen LogP contribution in [0.4, 0.5) is 11.4 Å². The van der Waals surface area contributed by atoms with E-state index in [4.69, 9.17) is 0 Å². The predicted molar refractivity (Wildman–Crippen MR) is 128 cm³/mol. The van der Waals surface area contributed by atoms with Crippen molar-refractivity contribution in [1.82, 2.24) is 9.80 Å². The molecule has 2 amide bonds. The third-order valence-corrected chi connectivity index (χ3v) is 6.62. The molecule has 1 fully saturated rings. The summed E-state index contributed by atoms with van der Waals surface area (Å²) < 4.78 is 0. The van der Waals surface area contributed by atoms with Gasteiger partial charge >= 0.3 is 0 Å². The summed E-state index contributed by atoms with van der Waals surface area (Å²) in [6.45, 7) is 6.44. The first-order valence-corrected chi connectivity index (χ1v) is 11.2. The summed E-state index contributed by atoms with van der Waals surface area (Å²) in [5.41, 5.74) is 2.82. The van der Waals surface area contributed by atoms with Gasteiger partial charge in [-0.15, -0.1) is 0 Å². The van der Waals surface area contributed by atoms with E-state index in [1.54, 1.807) is 4.90 Å². The Hall–Kier alpha value is -3.22. The average molecular weight is 429 g/mol. The van der Waals surface area contributed by atoms with Crippen molar-refractivity contribution >= 4 is 34.0 Å². The summed E-state index contributed by atoms with van der Waals surface area (Å²) in [6.07, 6.45) is 0. The zero-order valence-corrected chi connectivity index (χ0v) is 18.3. The van der Waals surface area contributed by atoms with Crippen molar-refractivity contribution in [3.05, 3.63) is 72.3 Å². The van der Waals surface area contributed by atoms with Crippen molar-refractivity contribution in [3.63, 3.8) is 0 Å². The van der Waals surface area contributed by atoms with Crippen LogP contribution in [0.2, 0.25) is 0 Å². The molecule has 2 aliphatic heterocycles. The van der Waals surface area contributed by atoms with Crippen LogP contribution >= 0.6 is 0 Å². The van der Waals surface area contributed by atoms with Gasteiger partial charge in [0, 0.05) is 32.7 Å². The van der Waals surface area contributed by atoms with E-state index in [9.17, 15) is 9.59 Å². The fraction of sp³-hybridized carbons (Fsp3) is 0.308. The first-order valence-electron chi connectivity index (χ1n) is 11.2. The number of piperazine rings is 1. The average Bonchev–Trinajstić information content (AvgIpc) is 2.83. The van der Waals surface area contributed by atoms with Crippen LogP contribution in [0, 0.1) is 0 Å². The maximum Gasteiger partial charge on any atom is 0.244 e. The van der Waals surface area contributed by atoms with Crippen molar-refractivity contribution < 1.29 is 9.59 Å². The first-order chi connectivity index (χ1) is 15.6. The molecular formula is C26H28N4O2.